The highest BCUT2D eigenvalue weighted by molar-refractivity contribution is 5.40. The highest BCUT2D eigenvalue weighted by Crippen LogP contribution is 2.72. The fourth-order valence-corrected chi connectivity index (χ4v) is 10.3. The van der Waals surface area contributed by atoms with Crippen LogP contribution in [0.4, 0.5) is 0 Å². The van der Waals surface area contributed by atoms with Gasteiger partial charge in [0.1, 0.15) is 0 Å². The number of rotatable bonds is 2. The molecule has 0 amide bonds. The SMILES string of the molecule is CC(C)(C)C1=CC2C(C=C1)C1C=CC(C(C)(C)C)=CC1C2C1(C)CC(C)(C)C2CC(c3ccccc3)CC21. The van der Waals surface area contributed by atoms with E-state index in [1.54, 1.807) is 16.7 Å². The molecule has 0 saturated heterocycles. The minimum atomic E-state index is 0.201. The molecule has 0 heteroatoms. The Morgan fingerprint density at radius 3 is 1.66 bits per heavy atom. The molecule has 0 aromatic heterocycles. The van der Waals surface area contributed by atoms with Crippen LogP contribution in [0.15, 0.2) is 77.9 Å². The van der Waals surface area contributed by atoms with E-state index in [0.29, 0.717) is 40.4 Å². The van der Waals surface area contributed by atoms with Crippen LogP contribution in [-0.2, 0) is 0 Å². The second-order valence-corrected chi connectivity index (χ2v) is 16.8. The maximum Gasteiger partial charge on any atom is -0.00952 e. The van der Waals surface area contributed by atoms with E-state index in [9.17, 15) is 0 Å². The number of fused-ring (bicyclic) bond motifs is 4. The topological polar surface area (TPSA) is 0 Å². The van der Waals surface area contributed by atoms with Crippen molar-refractivity contribution in [2.75, 3.05) is 0 Å². The first kappa shape index (κ1) is 26.4. The Morgan fingerprint density at radius 2 is 1.16 bits per heavy atom. The lowest BCUT2D eigenvalue weighted by Gasteiger charge is -2.45. The Labute approximate surface area is 233 Å². The molecule has 0 N–H and O–H groups in total. The summed E-state index contributed by atoms with van der Waals surface area (Å²) in [5, 5.41) is 0. The van der Waals surface area contributed by atoms with E-state index in [2.05, 4.69) is 129 Å². The van der Waals surface area contributed by atoms with Gasteiger partial charge in [0, 0.05) is 0 Å². The van der Waals surface area contributed by atoms with Crippen LogP contribution in [0.5, 0.6) is 0 Å². The second kappa shape index (κ2) is 8.59. The molecule has 0 spiro atoms. The van der Waals surface area contributed by atoms with Crippen molar-refractivity contribution in [1.29, 1.82) is 0 Å². The molecule has 5 aliphatic rings. The third-order valence-corrected chi connectivity index (χ3v) is 11.9. The van der Waals surface area contributed by atoms with Crippen molar-refractivity contribution >= 4 is 0 Å². The van der Waals surface area contributed by atoms with Crippen LogP contribution >= 0.6 is 0 Å². The van der Waals surface area contributed by atoms with Crippen LogP contribution in [0.25, 0.3) is 0 Å². The van der Waals surface area contributed by atoms with Crippen molar-refractivity contribution in [2.24, 2.45) is 63.1 Å². The van der Waals surface area contributed by atoms with Crippen LogP contribution in [0.3, 0.4) is 0 Å². The van der Waals surface area contributed by atoms with Gasteiger partial charge in [-0.3, -0.25) is 0 Å². The van der Waals surface area contributed by atoms with E-state index < -0.39 is 0 Å². The quantitative estimate of drug-likeness (QED) is 0.373. The summed E-state index contributed by atoms with van der Waals surface area (Å²) < 4.78 is 0. The van der Waals surface area contributed by atoms with Gasteiger partial charge in [0.25, 0.3) is 0 Å². The number of hydrogen-bond acceptors (Lipinski definition) is 0. The first-order valence-corrected chi connectivity index (χ1v) is 15.6. The Morgan fingerprint density at radius 1 is 0.658 bits per heavy atom. The van der Waals surface area contributed by atoms with Gasteiger partial charge in [0.15, 0.2) is 0 Å². The predicted molar refractivity (Wildman–Crippen MR) is 163 cm³/mol. The first-order valence-electron chi connectivity index (χ1n) is 15.6. The third kappa shape index (κ3) is 4.07. The lowest BCUT2D eigenvalue weighted by atomic mass is 9.59. The fraction of sp³-hybridized carbons (Fsp3) is 0.632. The maximum absolute atomic E-state index is 2.77. The molecule has 3 fully saturated rings. The summed E-state index contributed by atoms with van der Waals surface area (Å²) in [5.74, 6) is 5.60. The zero-order chi connectivity index (χ0) is 27.3. The number of hydrogen-bond donors (Lipinski definition) is 0. The van der Waals surface area contributed by atoms with Crippen molar-refractivity contribution < 1.29 is 0 Å². The van der Waals surface area contributed by atoms with Crippen molar-refractivity contribution in [3.05, 3.63) is 83.5 Å². The zero-order valence-corrected chi connectivity index (χ0v) is 25.6. The van der Waals surface area contributed by atoms with Crippen LogP contribution in [-0.4, -0.2) is 0 Å². The summed E-state index contributed by atoms with van der Waals surface area (Å²) in [6.07, 6.45) is 19.9. The molecule has 0 bridgehead atoms. The molecule has 3 saturated carbocycles. The molecule has 6 rings (SSSR count). The molecular weight excluding hydrogens is 456 g/mol. The Hall–Kier alpha value is -1.82. The highest BCUT2D eigenvalue weighted by Gasteiger charge is 2.65. The fourth-order valence-electron chi connectivity index (χ4n) is 10.3. The van der Waals surface area contributed by atoms with Crippen LogP contribution in [0.1, 0.15) is 93.1 Å². The van der Waals surface area contributed by atoms with Gasteiger partial charge in [0.05, 0.1) is 0 Å². The van der Waals surface area contributed by atoms with Gasteiger partial charge >= 0.3 is 0 Å². The Bertz CT molecular complexity index is 1140. The molecule has 38 heavy (non-hydrogen) atoms. The monoisotopic (exact) mass is 508 g/mol. The smallest absolute Gasteiger partial charge is 0.00952 e. The van der Waals surface area contributed by atoms with Gasteiger partial charge in [0.2, 0.25) is 0 Å². The molecule has 204 valence electrons. The van der Waals surface area contributed by atoms with Gasteiger partial charge in [-0.05, 0) is 105 Å². The van der Waals surface area contributed by atoms with Crippen LogP contribution < -0.4 is 0 Å². The van der Waals surface area contributed by atoms with Gasteiger partial charge in [-0.25, -0.2) is 0 Å². The standard InChI is InChI=1S/C38H52/c1-35(2,3)26-15-17-28-29-18-16-27(36(4,5)6)22-31(29)34(30(28)21-26)38(9)23-37(7,8)32-19-25(20-33(32)38)24-13-11-10-12-14-24/h10-18,21-22,25,28-34H,19-20,23H2,1-9H3. The molecule has 8 atom stereocenters. The van der Waals surface area contributed by atoms with Gasteiger partial charge in [-0.2, -0.15) is 0 Å². The molecule has 0 aliphatic heterocycles. The third-order valence-electron chi connectivity index (χ3n) is 11.9. The van der Waals surface area contributed by atoms with E-state index in [0.717, 1.165) is 17.8 Å². The van der Waals surface area contributed by atoms with Gasteiger partial charge in [-0.1, -0.05) is 129 Å². The van der Waals surface area contributed by atoms with Crippen LogP contribution in [0, 0.1) is 63.1 Å². The van der Waals surface area contributed by atoms with E-state index in [1.165, 1.54) is 19.3 Å². The largest absolute Gasteiger partial charge is 0.0799 e. The van der Waals surface area contributed by atoms with E-state index in [-0.39, 0.29) is 10.8 Å². The Balaban J connectivity index is 1.45. The molecule has 8 unspecified atom stereocenters. The highest BCUT2D eigenvalue weighted by atomic mass is 14.7. The molecule has 5 aliphatic carbocycles. The predicted octanol–water partition coefficient (Wildman–Crippen LogP) is 10.4. The lowest BCUT2D eigenvalue weighted by molar-refractivity contribution is 0.0673. The molecule has 0 heterocycles. The van der Waals surface area contributed by atoms with Crippen molar-refractivity contribution in [2.45, 2.75) is 87.5 Å². The van der Waals surface area contributed by atoms with Crippen molar-refractivity contribution in [1.82, 2.24) is 0 Å². The molecule has 0 nitrogen and oxygen atoms in total. The number of benzene rings is 1. The average Bonchev–Trinajstić information content (AvgIpc) is 3.48. The minimum Gasteiger partial charge on any atom is -0.0799 e. The summed E-state index contributed by atoms with van der Waals surface area (Å²) in [6, 6.07) is 11.5. The molecule has 1 aromatic rings. The molecule has 0 radical (unpaired) electrons. The van der Waals surface area contributed by atoms with E-state index in [1.807, 2.05) is 0 Å². The first-order chi connectivity index (χ1) is 17.7. The van der Waals surface area contributed by atoms with Crippen molar-refractivity contribution in [3.63, 3.8) is 0 Å². The number of allylic oxidation sites excluding steroid dienone is 8. The average molecular weight is 509 g/mol. The normalized spacial score (nSPS) is 41.4. The molecular formula is C38H52. The van der Waals surface area contributed by atoms with E-state index in [4.69, 9.17) is 0 Å². The van der Waals surface area contributed by atoms with Crippen LogP contribution in [0.2, 0.25) is 0 Å². The van der Waals surface area contributed by atoms with Gasteiger partial charge < -0.3 is 0 Å². The van der Waals surface area contributed by atoms with Gasteiger partial charge in [-0.15, -0.1) is 0 Å². The lowest BCUT2D eigenvalue weighted by Crippen LogP contribution is -2.39. The maximum atomic E-state index is 2.77. The summed E-state index contributed by atoms with van der Waals surface area (Å²) in [5.41, 5.74) is 5.84. The zero-order valence-electron chi connectivity index (χ0n) is 25.6. The summed E-state index contributed by atoms with van der Waals surface area (Å²) >= 11 is 0. The summed E-state index contributed by atoms with van der Waals surface area (Å²) in [4.78, 5) is 0. The van der Waals surface area contributed by atoms with E-state index >= 15 is 0 Å². The minimum absolute atomic E-state index is 0.201. The summed E-state index contributed by atoms with van der Waals surface area (Å²) in [7, 11) is 0. The molecule has 1 aromatic carbocycles. The summed E-state index contributed by atoms with van der Waals surface area (Å²) in [6.45, 7) is 22.4. The second-order valence-electron chi connectivity index (χ2n) is 16.8. The Kier molecular flexibility index (Phi) is 5.97. The van der Waals surface area contributed by atoms with Crippen molar-refractivity contribution in [3.8, 4) is 0 Å².